The first-order valence-corrected chi connectivity index (χ1v) is 10.3. The van der Waals surface area contributed by atoms with Crippen LogP contribution in [-0.2, 0) is 4.74 Å². The molecule has 8 heteroatoms. The Morgan fingerprint density at radius 1 is 1.32 bits per heavy atom. The molecule has 3 rings (SSSR count). The fourth-order valence-corrected chi connectivity index (χ4v) is 3.41. The van der Waals surface area contributed by atoms with E-state index >= 15 is 0 Å². The van der Waals surface area contributed by atoms with Crippen molar-refractivity contribution in [2.75, 3.05) is 20.4 Å². The molecule has 1 aliphatic heterocycles. The molecule has 0 bridgehead atoms. The zero-order valence-electron chi connectivity index (χ0n) is 17.0. The fourth-order valence-electron chi connectivity index (χ4n) is 3.21. The average Bonchev–Trinajstić information content (AvgIpc) is 3.23. The van der Waals surface area contributed by atoms with E-state index < -0.39 is 11.9 Å². The number of alkyl halides is 1. The summed E-state index contributed by atoms with van der Waals surface area (Å²) < 4.78 is 22.0. The summed E-state index contributed by atoms with van der Waals surface area (Å²) in [5.41, 5.74) is 0.948. The maximum Gasteiger partial charge on any atom is 0.353 e. The number of aliphatic hydroxyl groups excluding tert-OH is 1. The lowest BCUT2D eigenvalue weighted by Crippen LogP contribution is -2.28. The lowest BCUT2D eigenvalue weighted by atomic mass is 9.95. The Morgan fingerprint density at radius 3 is 2.61 bits per heavy atom. The van der Waals surface area contributed by atoms with Gasteiger partial charge in [-0.2, -0.15) is 4.98 Å². The second kappa shape index (κ2) is 13.7. The lowest BCUT2D eigenvalue weighted by Gasteiger charge is -2.16. The molecular weight excluding hydrogens is 387 g/mol. The molecule has 0 radical (unpaired) electrons. The minimum atomic E-state index is -0.455. The molecule has 0 spiro atoms. The molecule has 6 nitrogen and oxygen atoms in total. The fraction of sp³-hybridized carbons (Fsp3) is 0.700. The largest absolute Gasteiger partial charge is 0.472 e. The van der Waals surface area contributed by atoms with Gasteiger partial charge >= 0.3 is 5.69 Å². The van der Waals surface area contributed by atoms with Crippen molar-refractivity contribution in [3.05, 3.63) is 33.4 Å². The summed E-state index contributed by atoms with van der Waals surface area (Å²) >= 11 is 6.20. The van der Waals surface area contributed by atoms with Gasteiger partial charge in [-0.05, 0) is 44.6 Å². The van der Waals surface area contributed by atoms with Crippen LogP contribution in [0.2, 0.25) is 5.02 Å². The van der Waals surface area contributed by atoms with Crippen molar-refractivity contribution in [2.24, 2.45) is 0 Å². The van der Waals surface area contributed by atoms with E-state index in [9.17, 15) is 9.18 Å². The number of ether oxygens (including phenoxy) is 2. The summed E-state index contributed by atoms with van der Waals surface area (Å²) in [7, 11) is 0.500. The summed E-state index contributed by atoms with van der Waals surface area (Å²) in [6.45, 7) is 4.32. The molecule has 0 aromatic carbocycles. The van der Waals surface area contributed by atoms with Crippen LogP contribution in [0.1, 0.15) is 65.0 Å². The lowest BCUT2D eigenvalue weighted by molar-refractivity contribution is -0.0246. The maximum atomic E-state index is 12.2. The minimum absolute atomic E-state index is 0.0533. The zero-order chi connectivity index (χ0) is 20.9. The second-order valence-electron chi connectivity index (χ2n) is 6.29. The van der Waals surface area contributed by atoms with Crippen LogP contribution in [0.3, 0.4) is 0 Å². The number of halogens is 2. The summed E-state index contributed by atoms with van der Waals surface area (Å²) in [5.74, 6) is 0.155. The number of aliphatic hydroxyl groups is 1. The van der Waals surface area contributed by atoms with Crippen molar-refractivity contribution in [2.45, 2.75) is 71.1 Å². The van der Waals surface area contributed by atoms with Crippen LogP contribution in [0.5, 0.6) is 5.88 Å². The van der Waals surface area contributed by atoms with Gasteiger partial charge in [-0.15, -0.1) is 0 Å². The number of rotatable bonds is 5. The first-order valence-electron chi connectivity index (χ1n) is 9.91. The van der Waals surface area contributed by atoms with Gasteiger partial charge in [-0.1, -0.05) is 37.4 Å². The normalized spacial score (nSPS) is 21.1. The molecule has 1 aromatic heterocycles. The quantitative estimate of drug-likeness (QED) is 0.715. The Kier molecular flexibility index (Phi) is 12.0. The summed E-state index contributed by atoms with van der Waals surface area (Å²) in [4.78, 5) is 16.1. The molecule has 1 aromatic rings. The van der Waals surface area contributed by atoms with Crippen molar-refractivity contribution in [1.29, 1.82) is 0 Å². The molecule has 2 heterocycles. The molecule has 2 aliphatic rings. The van der Waals surface area contributed by atoms with E-state index in [0.29, 0.717) is 26.6 Å². The van der Waals surface area contributed by atoms with Gasteiger partial charge in [-0.25, -0.2) is 4.79 Å². The highest BCUT2D eigenvalue weighted by Gasteiger charge is 2.27. The Labute approximate surface area is 171 Å². The standard InChI is InChI=1S/C17H23ClN2O4.C2H6.CH3F/c18-14-10-20(15-7-6-13(11-21)24-15)17(22)19-16(14)23-9-8-12-4-2-1-3-5-12;2*1-2/h8,10,13,15,21H,1-7,9,11H2;1-2H3;1H3. The SMILES string of the molecule is CC.CF.O=c1nc(OCC=C2CCCCC2)c(Cl)cn1C1CCC(CO)O1. The van der Waals surface area contributed by atoms with Gasteiger partial charge < -0.3 is 14.6 Å². The smallest absolute Gasteiger partial charge is 0.353 e. The van der Waals surface area contributed by atoms with Gasteiger partial charge in [0.1, 0.15) is 17.9 Å². The highest BCUT2D eigenvalue weighted by atomic mass is 35.5. The van der Waals surface area contributed by atoms with Crippen LogP contribution in [-0.4, -0.2) is 41.2 Å². The third-order valence-corrected chi connectivity index (χ3v) is 4.82. The van der Waals surface area contributed by atoms with E-state index in [2.05, 4.69) is 11.1 Å². The van der Waals surface area contributed by atoms with Crippen molar-refractivity contribution in [3.63, 3.8) is 0 Å². The molecule has 1 saturated carbocycles. The van der Waals surface area contributed by atoms with Crippen molar-refractivity contribution in [1.82, 2.24) is 9.55 Å². The van der Waals surface area contributed by atoms with Gasteiger partial charge in [0.15, 0.2) is 0 Å². The van der Waals surface area contributed by atoms with Crippen LogP contribution < -0.4 is 10.4 Å². The zero-order valence-corrected chi connectivity index (χ0v) is 17.8. The van der Waals surface area contributed by atoms with E-state index in [1.54, 1.807) is 0 Å². The summed E-state index contributed by atoms with van der Waals surface area (Å²) in [6.07, 6.45) is 10.3. The van der Waals surface area contributed by atoms with Gasteiger partial charge in [0.2, 0.25) is 5.88 Å². The number of allylic oxidation sites excluding steroid dienone is 1. The Bertz CT molecular complexity index is 658. The first-order chi connectivity index (χ1) is 13.7. The minimum Gasteiger partial charge on any atom is -0.472 e. The number of aromatic nitrogens is 2. The Hall–Kier alpha value is -1.44. The molecule has 28 heavy (non-hydrogen) atoms. The average molecular weight is 419 g/mol. The third-order valence-electron chi connectivity index (χ3n) is 4.56. The topological polar surface area (TPSA) is 73.6 Å². The second-order valence-corrected chi connectivity index (χ2v) is 6.70. The van der Waals surface area contributed by atoms with Gasteiger partial charge in [-0.3, -0.25) is 8.96 Å². The Balaban J connectivity index is 0.000000921. The van der Waals surface area contributed by atoms with Crippen LogP contribution >= 0.6 is 11.6 Å². The van der Waals surface area contributed by atoms with Crippen LogP contribution in [0.25, 0.3) is 0 Å². The third kappa shape index (κ3) is 7.18. The molecular formula is C20H32ClFN2O4. The molecule has 1 saturated heterocycles. The van der Waals surface area contributed by atoms with Crippen molar-refractivity contribution < 1.29 is 19.0 Å². The van der Waals surface area contributed by atoms with E-state index in [-0.39, 0.29) is 23.6 Å². The van der Waals surface area contributed by atoms with Crippen LogP contribution in [0.4, 0.5) is 4.39 Å². The number of hydrogen-bond acceptors (Lipinski definition) is 5. The predicted molar refractivity (Wildman–Crippen MR) is 109 cm³/mol. The molecule has 1 N–H and O–H groups in total. The molecule has 2 unspecified atom stereocenters. The molecule has 2 atom stereocenters. The van der Waals surface area contributed by atoms with E-state index in [0.717, 1.165) is 12.8 Å². The van der Waals surface area contributed by atoms with E-state index in [4.69, 9.17) is 26.2 Å². The van der Waals surface area contributed by atoms with Gasteiger partial charge in [0, 0.05) is 6.20 Å². The Morgan fingerprint density at radius 2 is 2.00 bits per heavy atom. The van der Waals surface area contributed by atoms with Crippen molar-refractivity contribution >= 4 is 11.6 Å². The highest BCUT2D eigenvalue weighted by Crippen LogP contribution is 2.29. The summed E-state index contributed by atoms with van der Waals surface area (Å²) in [6, 6.07) is 0. The number of nitrogens with zero attached hydrogens (tertiary/aromatic N) is 2. The molecule has 1 aliphatic carbocycles. The van der Waals surface area contributed by atoms with E-state index in [1.807, 2.05) is 13.8 Å². The monoisotopic (exact) mass is 418 g/mol. The summed E-state index contributed by atoms with van der Waals surface area (Å²) in [5, 5.41) is 9.41. The van der Waals surface area contributed by atoms with Crippen molar-refractivity contribution in [3.8, 4) is 5.88 Å². The van der Waals surface area contributed by atoms with Crippen LogP contribution in [0.15, 0.2) is 22.6 Å². The van der Waals surface area contributed by atoms with E-state index in [1.165, 1.54) is 35.6 Å². The molecule has 160 valence electrons. The molecule has 0 amide bonds. The first kappa shape index (κ1) is 24.6. The highest BCUT2D eigenvalue weighted by molar-refractivity contribution is 6.31. The van der Waals surface area contributed by atoms with Gasteiger partial charge in [0.25, 0.3) is 0 Å². The predicted octanol–water partition coefficient (Wildman–Crippen LogP) is 4.45. The maximum absolute atomic E-state index is 12.2. The van der Waals surface area contributed by atoms with Gasteiger partial charge in [0.05, 0.1) is 19.9 Å². The molecule has 2 fully saturated rings. The van der Waals surface area contributed by atoms with Crippen LogP contribution in [0, 0.1) is 0 Å². The number of hydrogen-bond donors (Lipinski definition) is 1.